The van der Waals surface area contributed by atoms with Gasteiger partial charge >= 0.3 is 0 Å². The van der Waals surface area contributed by atoms with Crippen LogP contribution in [0.25, 0.3) is 0 Å². The predicted octanol–water partition coefficient (Wildman–Crippen LogP) is 2.58. The Morgan fingerprint density at radius 3 is 2.04 bits per heavy atom. The third kappa shape index (κ3) is 3.09. The number of hydrogen-bond donors (Lipinski definition) is 1. The van der Waals surface area contributed by atoms with Crippen molar-refractivity contribution in [1.82, 2.24) is 0 Å². The van der Waals surface area contributed by atoms with Gasteiger partial charge in [-0.15, -0.1) is 0 Å². The molecule has 0 spiro atoms. The van der Waals surface area contributed by atoms with E-state index in [0.717, 1.165) is 11.1 Å². The highest BCUT2D eigenvalue weighted by Crippen LogP contribution is 2.37. The number of hydrogen-bond acceptors (Lipinski definition) is 5. The number of aliphatic hydroxyl groups excluding tert-OH is 1. The molecule has 0 amide bonds. The van der Waals surface area contributed by atoms with Crippen molar-refractivity contribution in [3.8, 4) is 0 Å². The second-order valence-electron chi connectivity index (χ2n) is 5.95. The molecule has 2 heterocycles. The van der Waals surface area contributed by atoms with Crippen molar-refractivity contribution in [3.05, 3.63) is 71.8 Å². The molecule has 0 aromatic heterocycles. The SMILES string of the molecule is OC[C@@H]1O[C@H](c2ccccc2)O[C@@H]2CO[C@@H](c3ccccc3)O[C@@H]12. The van der Waals surface area contributed by atoms with Gasteiger partial charge in [-0.3, -0.25) is 0 Å². The average molecular weight is 328 g/mol. The zero-order chi connectivity index (χ0) is 16.4. The van der Waals surface area contributed by atoms with E-state index in [2.05, 4.69) is 0 Å². The van der Waals surface area contributed by atoms with Gasteiger partial charge in [-0.05, 0) is 0 Å². The van der Waals surface area contributed by atoms with Crippen LogP contribution in [-0.4, -0.2) is 36.6 Å². The highest BCUT2D eigenvalue weighted by atomic mass is 16.8. The monoisotopic (exact) mass is 328 g/mol. The quantitative estimate of drug-likeness (QED) is 0.938. The van der Waals surface area contributed by atoms with Crippen LogP contribution in [0.3, 0.4) is 0 Å². The summed E-state index contributed by atoms with van der Waals surface area (Å²) >= 11 is 0. The third-order valence-corrected chi connectivity index (χ3v) is 4.35. The lowest BCUT2D eigenvalue weighted by Crippen LogP contribution is -2.55. The van der Waals surface area contributed by atoms with Gasteiger partial charge in [-0.25, -0.2) is 0 Å². The van der Waals surface area contributed by atoms with Gasteiger partial charge in [-0.2, -0.15) is 0 Å². The van der Waals surface area contributed by atoms with Crippen LogP contribution in [0.1, 0.15) is 23.7 Å². The summed E-state index contributed by atoms with van der Waals surface area (Å²) < 4.78 is 23.8. The fourth-order valence-electron chi connectivity index (χ4n) is 3.12. The Kier molecular flexibility index (Phi) is 4.60. The van der Waals surface area contributed by atoms with Crippen LogP contribution in [0.4, 0.5) is 0 Å². The van der Waals surface area contributed by atoms with Crippen LogP contribution in [0.2, 0.25) is 0 Å². The molecule has 0 radical (unpaired) electrons. The van der Waals surface area contributed by atoms with E-state index < -0.39 is 18.7 Å². The van der Waals surface area contributed by atoms with Gasteiger partial charge in [0.05, 0.1) is 13.2 Å². The van der Waals surface area contributed by atoms with Crippen molar-refractivity contribution in [2.24, 2.45) is 0 Å². The van der Waals surface area contributed by atoms with Crippen molar-refractivity contribution in [1.29, 1.82) is 0 Å². The van der Waals surface area contributed by atoms with E-state index in [0.29, 0.717) is 6.61 Å². The molecule has 2 aromatic carbocycles. The maximum atomic E-state index is 9.75. The molecule has 0 saturated carbocycles. The topological polar surface area (TPSA) is 57.2 Å². The number of benzene rings is 2. The van der Waals surface area contributed by atoms with Gasteiger partial charge in [0.1, 0.15) is 18.3 Å². The van der Waals surface area contributed by atoms with Crippen LogP contribution >= 0.6 is 0 Å². The van der Waals surface area contributed by atoms with Gasteiger partial charge in [0.25, 0.3) is 0 Å². The minimum atomic E-state index is -0.523. The van der Waals surface area contributed by atoms with E-state index in [4.69, 9.17) is 18.9 Å². The third-order valence-electron chi connectivity index (χ3n) is 4.35. The maximum Gasteiger partial charge on any atom is 0.184 e. The van der Waals surface area contributed by atoms with Gasteiger partial charge in [0.2, 0.25) is 0 Å². The van der Waals surface area contributed by atoms with Crippen LogP contribution in [0.5, 0.6) is 0 Å². The largest absolute Gasteiger partial charge is 0.394 e. The number of fused-ring (bicyclic) bond motifs is 1. The number of ether oxygens (including phenoxy) is 4. The highest BCUT2D eigenvalue weighted by molar-refractivity contribution is 5.18. The molecule has 2 saturated heterocycles. The first-order valence-electron chi connectivity index (χ1n) is 8.14. The summed E-state index contributed by atoms with van der Waals surface area (Å²) in [6, 6.07) is 19.4. The van der Waals surface area contributed by atoms with E-state index in [1.807, 2.05) is 60.7 Å². The molecule has 5 heteroatoms. The summed E-state index contributed by atoms with van der Waals surface area (Å²) in [5.74, 6) is 0. The fraction of sp³-hybridized carbons (Fsp3) is 0.368. The Balaban J connectivity index is 1.51. The Hall–Kier alpha value is -1.76. The van der Waals surface area contributed by atoms with Crippen LogP contribution in [0.15, 0.2) is 60.7 Å². The molecule has 4 rings (SSSR count). The van der Waals surface area contributed by atoms with E-state index >= 15 is 0 Å². The number of aliphatic hydroxyl groups is 1. The predicted molar refractivity (Wildman–Crippen MR) is 86.0 cm³/mol. The molecule has 2 aliphatic heterocycles. The van der Waals surface area contributed by atoms with Crippen molar-refractivity contribution < 1.29 is 24.1 Å². The first-order valence-corrected chi connectivity index (χ1v) is 8.14. The molecule has 2 fully saturated rings. The maximum absolute atomic E-state index is 9.75. The van der Waals surface area contributed by atoms with Crippen LogP contribution < -0.4 is 0 Å². The summed E-state index contributed by atoms with van der Waals surface area (Å²) in [7, 11) is 0. The smallest absolute Gasteiger partial charge is 0.184 e. The van der Waals surface area contributed by atoms with E-state index in [-0.39, 0.29) is 18.8 Å². The Morgan fingerprint density at radius 1 is 0.792 bits per heavy atom. The minimum Gasteiger partial charge on any atom is -0.394 e. The van der Waals surface area contributed by atoms with Crippen molar-refractivity contribution in [2.75, 3.05) is 13.2 Å². The van der Waals surface area contributed by atoms with Crippen molar-refractivity contribution in [2.45, 2.75) is 30.9 Å². The summed E-state index contributed by atoms with van der Waals surface area (Å²) in [6.07, 6.45) is -2.09. The van der Waals surface area contributed by atoms with Gasteiger partial charge in [-0.1, -0.05) is 60.7 Å². The molecule has 0 bridgehead atoms. The van der Waals surface area contributed by atoms with Crippen molar-refractivity contribution in [3.63, 3.8) is 0 Å². The molecule has 126 valence electrons. The molecular weight excluding hydrogens is 308 g/mol. The Bertz CT molecular complexity index is 639. The molecule has 24 heavy (non-hydrogen) atoms. The lowest BCUT2D eigenvalue weighted by molar-refractivity contribution is -0.366. The molecule has 0 aliphatic carbocycles. The Morgan fingerprint density at radius 2 is 1.42 bits per heavy atom. The Labute approximate surface area is 140 Å². The van der Waals surface area contributed by atoms with E-state index in [1.54, 1.807) is 0 Å². The van der Waals surface area contributed by atoms with Gasteiger partial charge in [0, 0.05) is 11.1 Å². The van der Waals surface area contributed by atoms with Crippen LogP contribution in [-0.2, 0) is 18.9 Å². The average Bonchev–Trinajstić information content (AvgIpc) is 2.68. The zero-order valence-electron chi connectivity index (χ0n) is 13.2. The summed E-state index contributed by atoms with van der Waals surface area (Å²) in [5.41, 5.74) is 1.86. The summed E-state index contributed by atoms with van der Waals surface area (Å²) in [5, 5.41) is 9.75. The van der Waals surface area contributed by atoms with Gasteiger partial charge in [0.15, 0.2) is 12.6 Å². The fourth-order valence-corrected chi connectivity index (χ4v) is 3.12. The van der Waals surface area contributed by atoms with E-state index in [1.165, 1.54) is 0 Å². The van der Waals surface area contributed by atoms with Crippen molar-refractivity contribution >= 4 is 0 Å². The lowest BCUT2D eigenvalue weighted by atomic mass is 10.0. The molecule has 2 aliphatic rings. The lowest BCUT2D eigenvalue weighted by Gasteiger charge is -2.45. The molecular formula is C19H20O5. The highest BCUT2D eigenvalue weighted by Gasteiger charge is 2.45. The summed E-state index contributed by atoms with van der Waals surface area (Å²) in [6.45, 7) is 0.267. The second kappa shape index (κ2) is 7.01. The summed E-state index contributed by atoms with van der Waals surface area (Å²) in [4.78, 5) is 0. The molecule has 2 aromatic rings. The molecule has 1 N–H and O–H groups in total. The molecule has 0 unspecified atom stereocenters. The molecule has 5 nitrogen and oxygen atoms in total. The van der Waals surface area contributed by atoms with Crippen LogP contribution in [0, 0.1) is 0 Å². The zero-order valence-corrected chi connectivity index (χ0v) is 13.2. The first-order chi connectivity index (χ1) is 11.8. The number of rotatable bonds is 3. The standard InChI is InChI=1S/C19H20O5/c20-11-15-17-16(23-19(22-15)14-9-5-2-6-10-14)12-21-18(24-17)13-7-3-1-4-8-13/h1-10,15-20H,11-12H2/t15-,16+,17-,18+,19-/m0/s1. The first kappa shape index (κ1) is 15.7. The van der Waals surface area contributed by atoms with Gasteiger partial charge < -0.3 is 24.1 Å². The second-order valence-corrected chi connectivity index (χ2v) is 5.95. The normalized spacial score (nSPS) is 33.0. The van der Waals surface area contributed by atoms with E-state index in [9.17, 15) is 5.11 Å². The minimum absolute atomic E-state index is 0.130. The molecule has 5 atom stereocenters.